The van der Waals surface area contributed by atoms with E-state index in [2.05, 4.69) is 86.8 Å². The van der Waals surface area contributed by atoms with Gasteiger partial charge in [-0.3, -0.25) is 0 Å². The molecule has 0 N–H and O–H groups in total. The Bertz CT molecular complexity index is 370. The number of rotatable bonds is 6. The zero-order valence-corrected chi connectivity index (χ0v) is 16.0. The molecule has 1 atom stereocenters. The van der Waals surface area contributed by atoms with E-state index < -0.39 is 8.07 Å². The van der Waals surface area contributed by atoms with Crippen molar-refractivity contribution in [3.05, 3.63) is 35.9 Å². The van der Waals surface area contributed by atoms with Crippen LogP contribution in [0.3, 0.4) is 0 Å². The molecular weight excluding hydrogens is 363 g/mol. The SMILES string of the molecule is CC(C)(C)[Si](C)(C)CC(OCCI)c1ccccc1. The minimum atomic E-state index is -1.33. The quantitative estimate of drug-likeness (QED) is 0.345. The molecule has 19 heavy (non-hydrogen) atoms. The Morgan fingerprint density at radius 2 is 1.74 bits per heavy atom. The zero-order valence-electron chi connectivity index (χ0n) is 12.9. The molecule has 1 aromatic carbocycles. The predicted molar refractivity (Wildman–Crippen MR) is 96.0 cm³/mol. The van der Waals surface area contributed by atoms with E-state index in [4.69, 9.17) is 4.74 Å². The van der Waals surface area contributed by atoms with Crippen LogP contribution < -0.4 is 0 Å². The smallest absolute Gasteiger partial charge is 0.0802 e. The fourth-order valence-corrected chi connectivity index (χ4v) is 4.04. The second kappa shape index (κ2) is 7.23. The molecule has 3 heteroatoms. The summed E-state index contributed by atoms with van der Waals surface area (Å²) in [6, 6.07) is 11.9. The third-order valence-corrected chi connectivity index (χ3v) is 10.2. The van der Waals surface area contributed by atoms with E-state index in [1.165, 1.54) is 11.6 Å². The van der Waals surface area contributed by atoms with Crippen LogP contribution in [-0.4, -0.2) is 19.1 Å². The lowest BCUT2D eigenvalue weighted by molar-refractivity contribution is 0.0780. The van der Waals surface area contributed by atoms with Crippen molar-refractivity contribution in [3.8, 4) is 0 Å². The Labute approximate surface area is 133 Å². The Balaban J connectivity index is 2.87. The lowest BCUT2D eigenvalue weighted by Gasteiger charge is -2.39. The van der Waals surface area contributed by atoms with Crippen LogP contribution in [-0.2, 0) is 4.74 Å². The van der Waals surface area contributed by atoms with Crippen molar-refractivity contribution >= 4 is 30.7 Å². The van der Waals surface area contributed by atoms with E-state index in [0.717, 1.165) is 11.0 Å². The van der Waals surface area contributed by atoms with Gasteiger partial charge < -0.3 is 4.74 Å². The minimum absolute atomic E-state index is 0.261. The third-order valence-electron chi connectivity index (χ3n) is 4.29. The van der Waals surface area contributed by atoms with E-state index in [-0.39, 0.29) is 6.10 Å². The van der Waals surface area contributed by atoms with Crippen LogP contribution in [0.15, 0.2) is 30.3 Å². The molecule has 0 fully saturated rings. The van der Waals surface area contributed by atoms with Gasteiger partial charge in [-0.2, -0.15) is 0 Å². The molecule has 0 aromatic heterocycles. The maximum absolute atomic E-state index is 6.14. The maximum Gasteiger partial charge on any atom is 0.0802 e. The summed E-state index contributed by atoms with van der Waals surface area (Å²) in [4.78, 5) is 0. The monoisotopic (exact) mass is 390 g/mol. The van der Waals surface area contributed by atoms with Gasteiger partial charge in [-0.15, -0.1) is 0 Å². The first-order valence-corrected chi connectivity index (χ1v) is 11.7. The molecule has 1 aromatic rings. The van der Waals surface area contributed by atoms with Gasteiger partial charge in [0.1, 0.15) is 0 Å². The molecule has 0 aliphatic carbocycles. The molecule has 1 rings (SSSR count). The zero-order chi connectivity index (χ0) is 14.5. The highest BCUT2D eigenvalue weighted by molar-refractivity contribution is 14.1. The lowest BCUT2D eigenvalue weighted by atomic mass is 10.1. The van der Waals surface area contributed by atoms with E-state index in [0.29, 0.717) is 5.04 Å². The van der Waals surface area contributed by atoms with Crippen molar-refractivity contribution < 1.29 is 4.74 Å². The summed E-state index contributed by atoms with van der Waals surface area (Å²) in [5.74, 6) is 0. The van der Waals surface area contributed by atoms with Gasteiger partial charge in [0, 0.05) is 4.43 Å². The average molecular weight is 390 g/mol. The van der Waals surface area contributed by atoms with Gasteiger partial charge in [0.05, 0.1) is 20.8 Å². The van der Waals surface area contributed by atoms with Gasteiger partial charge in [0.15, 0.2) is 0 Å². The summed E-state index contributed by atoms with van der Waals surface area (Å²) in [5, 5.41) is 0.410. The molecule has 0 heterocycles. The molecule has 1 unspecified atom stereocenters. The average Bonchev–Trinajstić information content (AvgIpc) is 2.34. The summed E-state index contributed by atoms with van der Waals surface area (Å²) in [7, 11) is -1.33. The second-order valence-electron chi connectivity index (χ2n) is 6.80. The Morgan fingerprint density at radius 3 is 2.21 bits per heavy atom. The van der Waals surface area contributed by atoms with Gasteiger partial charge in [0.25, 0.3) is 0 Å². The first kappa shape index (κ1) is 17.2. The first-order valence-electron chi connectivity index (χ1n) is 7.00. The molecule has 0 radical (unpaired) electrons. The molecular formula is C16H27IOSi. The Kier molecular flexibility index (Phi) is 6.53. The molecule has 0 aliphatic rings. The molecule has 0 bridgehead atoms. The fraction of sp³-hybridized carbons (Fsp3) is 0.625. The molecule has 0 spiro atoms. The van der Waals surface area contributed by atoms with Crippen molar-refractivity contribution in [3.63, 3.8) is 0 Å². The second-order valence-corrected chi connectivity index (χ2v) is 13.6. The van der Waals surface area contributed by atoms with Crippen LogP contribution in [0.25, 0.3) is 0 Å². The first-order chi connectivity index (χ1) is 8.78. The number of ether oxygens (including phenoxy) is 1. The van der Waals surface area contributed by atoms with Gasteiger partial charge in [-0.05, 0) is 16.6 Å². The van der Waals surface area contributed by atoms with Gasteiger partial charge >= 0.3 is 0 Å². The van der Waals surface area contributed by atoms with Crippen LogP contribution in [0, 0.1) is 0 Å². The summed E-state index contributed by atoms with van der Waals surface area (Å²) in [5.41, 5.74) is 1.33. The van der Waals surface area contributed by atoms with Crippen LogP contribution in [0.1, 0.15) is 32.4 Å². The van der Waals surface area contributed by atoms with E-state index >= 15 is 0 Å². The van der Waals surface area contributed by atoms with Crippen molar-refractivity contribution in [2.24, 2.45) is 0 Å². The largest absolute Gasteiger partial charge is 0.373 e. The molecule has 0 saturated carbocycles. The topological polar surface area (TPSA) is 9.23 Å². The number of alkyl halides is 1. The number of hydrogen-bond donors (Lipinski definition) is 0. The van der Waals surface area contributed by atoms with Crippen LogP contribution in [0.4, 0.5) is 0 Å². The normalized spacial score (nSPS) is 14.4. The van der Waals surface area contributed by atoms with Crippen molar-refractivity contribution in [2.45, 2.75) is 51.1 Å². The summed E-state index contributed by atoms with van der Waals surface area (Å²) >= 11 is 2.38. The van der Waals surface area contributed by atoms with Gasteiger partial charge in [-0.1, -0.05) is 86.8 Å². The number of halogens is 1. The fourth-order valence-electron chi connectivity index (χ4n) is 1.90. The van der Waals surface area contributed by atoms with Gasteiger partial charge in [-0.25, -0.2) is 0 Å². The summed E-state index contributed by atoms with van der Waals surface area (Å²) in [6.07, 6.45) is 0.261. The van der Waals surface area contributed by atoms with Crippen molar-refractivity contribution in [1.29, 1.82) is 0 Å². The predicted octanol–water partition coefficient (Wildman–Crippen LogP) is 5.69. The molecule has 0 amide bonds. The Hall–Kier alpha value is 0.127. The Morgan fingerprint density at radius 1 is 1.16 bits per heavy atom. The van der Waals surface area contributed by atoms with E-state index in [1.807, 2.05) is 0 Å². The summed E-state index contributed by atoms with van der Waals surface area (Å²) < 4.78 is 7.19. The number of hydrogen-bond acceptors (Lipinski definition) is 1. The lowest BCUT2D eigenvalue weighted by Crippen LogP contribution is -2.38. The molecule has 108 valence electrons. The van der Waals surface area contributed by atoms with Crippen molar-refractivity contribution in [2.75, 3.05) is 11.0 Å². The van der Waals surface area contributed by atoms with Crippen LogP contribution >= 0.6 is 22.6 Å². The minimum Gasteiger partial charge on any atom is -0.373 e. The highest BCUT2D eigenvalue weighted by Crippen LogP contribution is 2.42. The maximum atomic E-state index is 6.14. The molecule has 1 nitrogen and oxygen atoms in total. The number of benzene rings is 1. The van der Waals surface area contributed by atoms with E-state index in [1.54, 1.807) is 0 Å². The molecule has 0 aliphatic heterocycles. The highest BCUT2D eigenvalue weighted by atomic mass is 127. The van der Waals surface area contributed by atoms with Crippen LogP contribution in [0.5, 0.6) is 0 Å². The standard InChI is InChI=1S/C16H27IOSi/c1-16(2,3)19(4,5)13-15(18-12-11-17)14-9-7-6-8-10-14/h6-10,15H,11-13H2,1-5H3. The highest BCUT2D eigenvalue weighted by Gasteiger charge is 2.37. The summed E-state index contributed by atoms with van der Waals surface area (Å²) in [6.45, 7) is 12.9. The van der Waals surface area contributed by atoms with Crippen molar-refractivity contribution in [1.82, 2.24) is 0 Å². The molecule has 0 saturated heterocycles. The van der Waals surface area contributed by atoms with Crippen LogP contribution in [0.2, 0.25) is 24.2 Å². The van der Waals surface area contributed by atoms with E-state index in [9.17, 15) is 0 Å². The van der Waals surface area contributed by atoms with Gasteiger partial charge in [0.2, 0.25) is 0 Å². The third kappa shape index (κ3) is 5.19.